The zero-order valence-electron chi connectivity index (χ0n) is 76.9. The summed E-state index contributed by atoms with van der Waals surface area (Å²) in [6.07, 6.45) is 9.38. The molecule has 3 N–H and O–H groups in total. The number of pyridine rings is 2. The smallest absolute Gasteiger partial charge is 0.512 e. The first kappa shape index (κ1) is 105. The maximum absolute atomic E-state index is 10.0. The van der Waals surface area contributed by atoms with Crippen LogP contribution >= 0.6 is 0 Å². The van der Waals surface area contributed by atoms with E-state index in [0.29, 0.717) is 0 Å². The minimum atomic E-state index is -0.125. The number of carbonyl (C=O) groups is 3. The minimum Gasteiger partial charge on any atom is -0.512 e. The van der Waals surface area contributed by atoms with E-state index in [0.717, 1.165) is 123 Å². The number of hydrogen-bond acceptors (Lipinski definition) is 12. The number of fused-ring (bicyclic) bond motifs is 14. The molecule has 5 heterocycles. The van der Waals surface area contributed by atoms with Crippen LogP contribution in [-0.2, 0) is 103 Å². The summed E-state index contributed by atoms with van der Waals surface area (Å²) >= 11 is 0. The maximum atomic E-state index is 10.0. The van der Waals surface area contributed by atoms with Gasteiger partial charge >= 0.3 is 21.1 Å². The number of allylic oxidation sites excluding steroid dienone is 6. The molecule has 0 amide bonds. The average Bonchev–Trinajstić information content (AvgIpc) is 1.76. The number of para-hydroxylation sites is 1. The Labute approximate surface area is 865 Å². The van der Waals surface area contributed by atoms with Gasteiger partial charge in [0.25, 0.3) is 0 Å². The zero-order valence-corrected chi connectivity index (χ0v) is 86.2. The van der Waals surface area contributed by atoms with E-state index in [4.69, 9.17) is 25.3 Å². The summed E-state index contributed by atoms with van der Waals surface area (Å²) in [4.78, 5) is 47.9. The number of aromatic nitrogens is 7. The molecular weight excluding hydrogens is 2440 g/mol. The van der Waals surface area contributed by atoms with Crippen molar-refractivity contribution in [1.29, 1.82) is 0 Å². The fraction of sp³-hybridized carbons (Fsp3) is 0.0661. The summed E-state index contributed by atoms with van der Waals surface area (Å²) in [5.74, 6) is -0.187. The molecule has 694 valence electrons. The van der Waals surface area contributed by atoms with Gasteiger partial charge in [-0.15, -0.1) is 101 Å². The van der Waals surface area contributed by atoms with E-state index in [2.05, 4.69) is 292 Å². The minimum absolute atomic E-state index is 0. The molecule has 0 fully saturated rings. The molecule has 1 aliphatic heterocycles. The number of rotatable bonds is 12. The largest absolute Gasteiger partial charge is 4.00 e. The number of aliphatic hydroxyl groups excluding tert-OH is 3. The van der Waals surface area contributed by atoms with E-state index in [1.54, 1.807) is 4.80 Å². The van der Waals surface area contributed by atoms with Crippen LogP contribution in [0, 0.1) is 49.4 Å². The van der Waals surface area contributed by atoms with Crippen LogP contribution in [-0.4, -0.2) is 62.6 Å². The predicted octanol–water partition coefficient (Wildman–Crippen LogP) is 28.4. The number of anilines is 3. The molecule has 0 unspecified atom stereocenters. The van der Waals surface area contributed by atoms with Gasteiger partial charge in [-0.05, 0) is 146 Å². The summed E-state index contributed by atoms with van der Waals surface area (Å²) in [5.41, 5.74) is 23.4. The van der Waals surface area contributed by atoms with Crippen molar-refractivity contribution in [3.63, 3.8) is 0 Å². The van der Waals surface area contributed by atoms with Gasteiger partial charge < -0.3 is 30.2 Å². The first-order valence-corrected chi connectivity index (χ1v) is 44.0. The van der Waals surface area contributed by atoms with E-state index < -0.39 is 0 Å². The number of carbonyl (C=O) groups excluding carboxylic acids is 3. The van der Waals surface area contributed by atoms with Crippen LogP contribution in [0.5, 0.6) is 0 Å². The predicted molar refractivity (Wildman–Crippen MR) is 547 cm³/mol. The van der Waals surface area contributed by atoms with E-state index in [1.807, 2.05) is 177 Å². The normalized spacial score (nSPS) is 10.9. The second kappa shape index (κ2) is 51.4. The molecule has 22 rings (SSSR count). The third kappa shape index (κ3) is 27.6. The molecule has 1 aliphatic rings. The molecule has 0 saturated carbocycles. The van der Waals surface area contributed by atoms with Gasteiger partial charge in [-0.3, -0.25) is 19.4 Å². The zero-order chi connectivity index (χ0) is 93.9. The van der Waals surface area contributed by atoms with Gasteiger partial charge in [0.15, 0.2) is 30.1 Å². The molecule has 0 bridgehead atoms. The van der Waals surface area contributed by atoms with Crippen molar-refractivity contribution in [2.75, 3.05) is 4.90 Å². The van der Waals surface area contributed by atoms with Crippen molar-refractivity contribution in [2.24, 2.45) is 0 Å². The molecule has 0 atom stereocenters. The van der Waals surface area contributed by atoms with E-state index in [9.17, 15) is 14.4 Å². The van der Waals surface area contributed by atoms with Crippen LogP contribution in [0.15, 0.2) is 430 Å². The van der Waals surface area contributed by atoms with Crippen LogP contribution in [0.25, 0.3) is 149 Å². The van der Waals surface area contributed by atoms with Crippen molar-refractivity contribution >= 4 is 110 Å². The van der Waals surface area contributed by atoms with Crippen molar-refractivity contribution < 1.29 is 117 Å². The summed E-state index contributed by atoms with van der Waals surface area (Å²) in [6, 6.07) is 152. The summed E-state index contributed by atoms with van der Waals surface area (Å²) in [5, 5.41) is 45.9. The van der Waals surface area contributed by atoms with Gasteiger partial charge in [0.2, 0.25) is 5.69 Å². The Morgan fingerprint density at radius 2 is 0.863 bits per heavy atom. The number of aliphatic hydroxyl groups is 3. The van der Waals surface area contributed by atoms with Crippen molar-refractivity contribution in [2.45, 2.75) is 55.0 Å². The van der Waals surface area contributed by atoms with Crippen LogP contribution in [0.1, 0.15) is 52.8 Å². The molecule has 21 aromatic rings. The molecule has 2 radical (unpaired) electrons. The molecule has 0 aliphatic carbocycles. The van der Waals surface area contributed by atoms with Gasteiger partial charge in [0, 0.05) is 115 Å². The first-order valence-electron chi connectivity index (χ1n) is 44.0. The molecule has 0 spiro atoms. The quantitative estimate of drug-likeness (QED) is 0.0346. The summed E-state index contributed by atoms with van der Waals surface area (Å²) in [7, 11) is 0. The number of nitrogens with zero attached hydrogens (tertiary/aromatic N) is 8. The first-order chi connectivity index (χ1) is 65.8. The van der Waals surface area contributed by atoms with Crippen molar-refractivity contribution in [1.82, 2.24) is 29.9 Å². The molecule has 4 aromatic heterocycles. The Hall–Kier alpha value is -14.8. The third-order valence-electron chi connectivity index (χ3n) is 21.5. The number of benzene rings is 17. The van der Waals surface area contributed by atoms with Gasteiger partial charge in [-0.1, -0.05) is 210 Å². The third-order valence-corrected chi connectivity index (χ3v) is 21.5. The van der Waals surface area contributed by atoms with Crippen molar-refractivity contribution in [3.05, 3.63) is 484 Å². The molecule has 17 aromatic carbocycles. The molecule has 139 heavy (non-hydrogen) atoms. The van der Waals surface area contributed by atoms with Crippen LogP contribution in [0.3, 0.4) is 0 Å². The van der Waals surface area contributed by atoms with E-state index >= 15 is 0 Å². The topological polar surface area (TPSA) is 188 Å². The van der Waals surface area contributed by atoms with Crippen LogP contribution in [0.4, 0.5) is 17.1 Å². The standard InChI is InChI=1S/C30H19N.C29H19N2.C16H10N3.C16H12N.C15H10N.3C5H8O2.2Ir.2Pt/c1-4-12-24(13-5-1)26-16-10-20-29(22-26)31(28-18-8-3-9-19-28)30-21-11-17-27(23-30)25-14-6-2-7-15-25;1-19-18-30-28-24-14-12-22(20-8-4-2-5-9-20)16-26(24)27-17-23(21-10-6-3-7-11-21)13-15-25(27)29(28)31-19;1-2-8-13-12(6-1)7-5-11-16(13)19-17-14-9-3-4-10-15(14)18-19;1-3-7-14-12(5-1)9-10-17-11-13-6-2-4-8-15(13)16(14)17;1-2-7-13(8-3-1)15-14-9-5-4-6-12(14)10-11-16-15;3*1-4(6)3-5(2)7;;;;/h1-12,14,16-21H;2-13,15-18H,1H3;1-10H;1-10H,11H2;1-7,9-11H;3*3,6H,1-2H3;;;;/q-4;2*-1;+1;-1;;;;;;;+4. The SMILES string of the molecule is CC(=O)C=C(C)O.CC(=O)C=C(C)O.CC(=O)C=C(C)O.Cc1cnc2c3[c-]cc(-c4ccccc4)cc3c3cc(-c4ccccc4)ccc3c2n1.[Ir].[Ir].[Pt+4].[Pt].[c-]1ccc2ccccc2c1-n1nc2ccccc2n1.[c-]1ccccc1-c1[c-]c(N(c2[c-]c(-c3[c-]cccc3)ccc2)c2ccccc2)ccc1.[c-]1ccccc1-c1nccc2ccccc12.c1ccc2c(c1)C[n+]1ccc3ccccc3c1-2. The fourth-order valence-electron chi connectivity index (χ4n) is 15.7. The van der Waals surface area contributed by atoms with Gasteiger partial charge in [0.05, 0.1) is 39.4 Å². The Morgan fingerprint density at radius 1 is 0.396 bits per heavy atom. The molecule has 18 heteroatoms. The molecule has 14 nitrogen and oxygen atoms in total. The van der Waals surface area contributed by atoms with Crippen molar-refractivity contribution in [3.8, 4) is 72.7 Å². The average molecular weight is 2530 g/mol. The summed E-state index contributed by atoms with van der Waals surface area (Å²) < 4.78 is 2.34. The number of hydrogen-bond donors (Lipinski definition) is 3. The van der Waals surface area contributed by atoms with Gasteiger partial charge in [-0.25, -0.2) is 22.3 Å². The van der Waals surface area contributed by atoms with E-state index in [1.165, 1.54) is 120 Å². The second-order valence-corrected chi connectivity index (χ2v) is 31.8. The van der Waals surface area contributed by atoms with Gasteiger partial charge in [-0.2, -0.15) is 123 Å². The van der Waals surface area contributed by atoms with E-state index in [-0.39, 0.29) is 117 Å². The van der Waals surface area contributed by atoms with Gasteiger partial charge in [0.1, 0.15) is 11.0 Å². The molecule has 0 saturated heterocycles. The Balaban J connectivity index is 0.000000160. The Bertz CT molecular complexity index is 7650. The number of aryl methyl sites for hydroxylation is 1. The fourth-order valence-corrected chi connectivity index (χ4v) is 15.7. The maximum Gasteiger partial charge on any atom is 4.00 e. The van der Waals surface area contributed by atoms with Crippen LogP contribution in [0.2, 0.25) is 0 Å². The number of ketones is 3. The monoisotopic (exact) mass is 2530 g/mol. The Kier molecular flexibility index (Phi) is 38.7. The Morgan fingerprint density at radius 3 is 1.40 bits per heavy atom. The summed E-state index contributed by atoms with van der Waals surface area (Å²) in [6.45, 7) is 11.5. The van der Waals surface area contributed by atoms with Crippen LogP contribution < -0.4 is 9.47 Å². The second-order valence-electron chi connectivity index (χ2n) is 31.8. The molecular formula is C121H94Ir2N8O6Pt2-2.